The maximum Gasteiger partial charge on any atom is 0.123 e. The summed E-state index contributed by atoms with van der Waals surface area (Å²) in [6.07, 6.45) is 6.31. The number of hydrogen-bond donors (Lipinski definition) is 0. The van der Waals surface area contributed by atoms with Crippen LogP contribution < -0.4 is 9.83 Å². The minimum absolute atomic E-state index is 0.549. The highest BCUT2D eigenvalue weighted by molar-refractivity contribution is 7.61. The summed E-state index contributed by atoms with van der Waals surface area (Å²) in [6, 6.07) is 20.8. The monoisotopic (exact) mass is 286 g/mol. The van der Waals surface area contributed by atoms with E-state index in [2.05, 4.69) is 37.3 Å². The first kappa shape index (κ1) is 15.1. The molecule has 0 saturated carbocycles. The van der Waals surface area contributed by atoms with E-state index in [9.17, 15) is 0 Å². The van der Waals surface area contributed by atoms with Gasteiger partial charge >= 0.3 is 0 Å². The SMILES string of the molecule is CCCCCCP(Oc1ccccc1)c1ccccc1. The van der Waals surface area contributed by atoms with Gasteiger partial charge in [0.15, 0.2) is 0 Å². The van der Waals surface area contributed by atoms with E-state index >= 15 is 0 Å². The van der Waals surface area contributed by atoms with Crippen LogP contribution in [0.3, 0.4) is 0 Å². The van der Waals surface area contributed by atoms with E-state index in [1.165, 1.54) is 31.0 Å². The molecule has 0 aromatic heterocycles. The summed E-state index contributed by atoms with van der Waals surface area (Å²) in [6.45, 7) is 2.25. The number of hydrogen-bond acceptors (Lipinski definition) is 1. The lowest BCUT2D eigenvalue weighted by atomic mass is 10.2. The lowest BCUT2D eigenvalue weighted by Crippen LogP contribution is -2.07. The molecule has 0 heterocycles. The zero-order valence-electron chi connectivity index (χ0n) is 12.2. The molecule has 2 rings (SSSR count). The summed E-state index contributed by atoms with van der Waals surface area (Å²) in [4.78, 5) is 0. The van der Waals surface area contributed by atoms with Crippen molar-refractivity contribution in [3.05, 3.63) is 60.7 Å². The van der Waals surface area contributed by atoms with Crippen LogP contribution in [0.1, 0.15) is 32.6 Å². The summed E-state index contributed by atoms with van der Waals surface area (Å²) in [5.74, 6) is 0.984. The topological polar surface area (TPSA) is 9.23 Å². The van der Waals surface area contributed by atoms with Crippen molar-refractivity contribution in [3.8, 4) is 5.75 Å². The van der Waals surface area contributed by atoms with Gasteiger partial charge in [0.25, 0.3) is 0 Å². The third kappa shape index (κ3) is 4.98. The molecule has 2 heteroatoms. The Balaban J connectivity index is 2.00. The second-order valence-corrected chi connectivity index (χ2v) is 6.81. The van der Waals surface area contributed by atoms with Gasteiger partial charge in [0, 0.05) is 11.5 Å². The molecule has 0 bridgehead atoms. The minimum atomic E-state index is -0.549. The third-order valence-corrected chi connectivity index (χ3v) is 5.25. The molecule has 1 unspecified atom stereocenters. The first-order chi connectivity index (χ1) is 9.90. The van der Waals surface area contributed by atoms with Gasteiger partial charge in [-0.05, 0) is 18.6 Å². The van der Waals surface area contributed by atoms with Crippen LogP contribution in [0.15, 0.2) is 60.7 Å². The van der Waals surface area contributed by atoms with Crippen molar-refractivity contribution in [1.82, 2.24) is 0 Å². The number of benzene rings is 2. The summed E-state index contributed by atoms with van der Waals surface area (Å²) in [7, 11) is -0.549. The normalized spacial score (nSPS) is 12.1. The summed E-state index contributed by atoms with van der Waals surface area (Å²) >= 11 is 0. The molecule has 0 N–H and O–H groups in total. The number of unbranched alkanes of at least 4 members (excludes halogenated alkanes) is 3. The van der Waals surface area contributed by atoms with Crippen molar-refractivity contribution < 1.29 is 4.52 Å². The Bertz CT molecular complexity index is 469. The van der Waals surface area contributed by atoms with Crippen molar-refractivity contribution in [3.63, 3.8) is 0 Å². The quantitative estimate of drug-likeness (QED) is 0.468. The zero-order chi connectivity index (χ0) is 14.0. The van der Waals surface area contributed by atoms with Gasteiger partial charge in [-0.25, -0.2) is 0 Å². The van der Waals surface area contributed by atoms with Crippen molar-refractivity contribution >= 4 is 13.5 Å². The molecule has 0 amide bonds. The molecule has 1 atom stereocenters. The zero-order valence-corrected chi connectivity index (χ0v) is 13.1. The Morgan fingerprint density at radius 2 is 1.45 bits per heavy atom. The van der Waals surface area contributed by atoms with Gasteiger partial charge in [0.2, 0.25) is 0 Å². The second-order valence-electron chi connectivity index (χ2n) is 4.90. The first-order valence-corrected chi connectivity index (χ1v) is 8.90. The van der Waals surface area contributed by atoms with Gasteiger partial charge in [-0.1, -0.05) is 74.7 Å². The summed E-state index contributed by atoms with van der Waals surface area (Å²) < 4.78 is 6.25. The molecule has 1 nitrogen and oxygen atoms in total. The average Bonchev–Trinajstić information content (AvgIpc) is 2.52. The fourth-order valence-electron chi connectivity index (χ4n) is 2.11. The molecule has 106 valence electrons. The van der Waals surface area contributed by atoms with E-state index in [0.29, 0.717) is 0 Å². The largest absolute Gasteiger partial charge is 0.469 e. The molecular weight excluding hydrogens is 263 g/mol. The highest BCUT2D eigenvalue weighted by Crippen LogP contribution is 2.38. The van der Waals surface area contributed by atoms with Crippen molar-refractivity contribution in [2.24, 2.45) is 0 Å². The van der Waals surface area contributed by atoms with E-state index in [1.54, 1.807) is 0 Å². The van der Waals surface area contributed by atoms with Crippen molar-refractivity contribution in [2.75, 3.05) is 6.16 Å². The first-order valence-electron chi connectivity index (χ1n) is 7.46. The second kappa shape index (κ2) is 8.76. The predicted octanol–water partition coefficient (Wildman–Crippen LogP) is 5.37. The Hall–Kier alpha value is -1.33. The summed E-state index contributed by atoms with van der Waals surface area (Å²) in [5.41, 5.74) is 0. The maximum absolute atomic E-state index is 6.25. The molecule has 0 spiro atoms. The Morgan fingerprint density at radius 1 is 0.800 bits per heavy atom. The average molecular weight is 286 g/mol. The summed E-state index contributed by atoms with van der Waals surface area (Å²) in [5, 5.41) is 1.34. The van der Waals surface area contributed by atoms with E-state index in [-0.39, 0.29) is 0 Å². The standard InChI is InChI=1S/C18H23OP/c1-2-3-4-11-16-20(18-14-9-6-10-15-18)19-17-12-7-5-8-13-17/h5-10,12-15H,2-4,11,16H2,1H3. The van der Waals surface area contributed by atoms with Crippen LogP contribution in [0.25, 0.3) is 0 Å². The van der Waals surface area contributed by atoms with E-state index in [1.807, 2.05) is 30.3 Å². The lowest BCUT2D eigenvalue weighted by Gasteiger charge is -2.19. The molecular formula is C18H23OP. The lowest BCUT2D eigenvalue weighted by molar-refractivity contribution is 0.612. The number of rotatable bonds is 8. The van der Waals surface area contributed by atoms with Crippen molar-refractivity contribution in [1.29, 1.82) is 0 Å². The Morgan fingerprint density at radius 3 is 2.10 bits per heavy atom. The fraction of sp³-hybridized carbons (Fsp3) is 0.333. The van der Waals surface area contributed by atoms with Crippen LogP contribution in [0.4, 0.5) is 0 Å². The minimum Gasteiger partial charge on any atom is -0.469 e. The van der Waals surface area contributed by atoms with Gasteiger partial charge in [-0.15, -0.1) is 0 Å². The van der Waals surface area contributed by atoms with Crippen LogP contribution in [0.5, 0.6) is 5.75 Å². The molecule has 0 aliphatic rings. The highest BCUT2D eigenvalue weighted by atomic mass is 31.1. The molecule has 2 aromatic carbocycles. The Labute approximate surface area is 123 Å². The molecule has 0 radical (unpaired) electrons. The van der Waals surface area contributed by atoms with E-state index < -0.39 is 8.15 Å². The van der Waals surface area contributed by atoms with Crippen LogP contribution in [-0.4, -0.2) is 6.16 Å². The van der Waals surface area contributed by atoms with Gasteiger partial charge in [0.05, 0.1) is 0 Å². The van der Waals surface area contributed by atoms with Gasteiger partial charge < -0.3 is 4.52 Å². The molecule has 0 saturated heterocycles. The van der Waals surface area contributed by atoms with Gasteiger partial charge in [0.1, 0.15) is 13.9 Å². The molecule has 20 heavy (non-hydrogen) atoms. The molecule has 0 fully saturated rings. The smallest absolute Gasteiger partial charge is 0.123 e. The fourth-order valence-corrected chi connectivity index (χ4v) is 3.96. The van der Waals surface area contributed by atoms with Crippen LogP contribution >= 0.6 is 8.15 Å². The molecule has 2 aromatic rings. The third-order valence-electron chi connectivity index (χ3n) is 3.22. The van der Waals surface area contributed by atoms with Crippen LogP contribution in [0.2, 0.25) is 0 Å². The highest BCUT2D eigenvalue weighted by Gasteiger charge is 2.13. The van der Waals surface area contributed by atoms with Crippen molar-refractivity contribution in [2.45, 2.75) is 32.6 Å². The van der Waals surface area contributed by atoms with Gasteiger partial charge in [-0.2, -0.15) is 0 Å². The molecule has 0 aliphatic carbocycles. The maximum atomic E-state index is 6.25. The Kier molecular flexibility index (Phi) is 6.60. The van der Waals surface area contributed by atoms with E-state index in [0.717, 1.165) is 11.9 Å². The molecule has 0 aliphatic heterocycles. The van der Waals surface area contributed by atoms with Gasteiger partial charge in [-0.3, -0.25) is 0 Å². The predicted molar refractivity (Wildman–Crippen MR) is 89.1 cm³/mol. The number of para-hydroxylation sites is 1. The van der Waals surface area contributed by atoms with Crippen LogP contribution in [-0.2, 0) is 0 Å². The van der Waals surface area contributed by atoms with Crippen LogP contribution in [0, 0.1) is 0 Å². The van der Waals surface area contributed by atoms with E-state index in [4.69, 9.17) is 4.52 Å².